The first kappa shape index (κ1) is 9.71. The molecule has 2 heterocycles. The van der Waals surface area contributed by atoms with Gasteiger partial charge < -0.3 is 4.90 Å². The molecule has 0 radical (unpaired) electrons. The molecule has 1 aromatic heterocycles. The van der Waals surface area contributed by atoms with Gasteiger partial charge in [-0.25, -0.2) is 9.97 Å². The van der Waals surface area contributed by atoms with E-state index in [0.717, 1.165) is 24.8 Å². The molecular formula is C10H14ClN3. The van der Waals surface area contributed by atoms with E-state index in [1.807, 2.05) is 6.07 Å². The number of hydrogen-bond donors (Lipinski definition) is 0. The fourth-order valence-electron chi connectivity index (χ4n) is 1.93. The Balaban J connectivity index is 2.14. The average Bonchev–Trinajstić information content (AvgIpc) is 2.61. The third-order valence-corrected chi connectivity index (χ3v) is 3.32. The molecule has 2 atom stereocenters. The van der Waals surface area contributed by atoms with Crippen LogP contribution in [0.4, 0.5) is 5.95 Å². The fraction of sp³-hybridized carbons (Fsp3) is 0.600. The summed E-state index contributed by atoms with van der Waals surface area (Å²) in [7, 11) is 0. The Morgan fingerprint density at radius 2 is 2.21 bits per heavy atom. The van der Waals surface area contributed by atoms with E-state index >= 15 is 0 Å². The van der Waals surface area contributed by atoms with Crippen LogP contribution in [-0.4, -0.2) is 28.4 Å². The molecule has 0 aliphatic carbocycles. The highest BCUT2D eigenvalue weighted by Gasteiger charge is 2.31. The van der Waals surface area contributed by atoms with Crippen LogP contribution in [-0.2, 0) is 0 Å². The van der Waals surface area contributed by atoms with Gasteiger partial charge in [0.05, 0.1) is 0 Å². The van der Waals surface area contributed by atoms with Crippen molar-refractivity contribution in [2.45, 2.75) is 19.4 Å². The highest BCUT2D eigenvalue weighted by molar-refractivity contribution is 6.18. The van der Waals surface area contributed by atoms with E-state index in [0.29, 0.717) is 12.0 Å². The first-order valence-electron chi connectivity index (χ1n) is 4.92. The van der Waals surface area contributed by atoms with E-state index in [-0.39, 0.29) is 0 Å². The second-order valence-electron chi connectivity index (χ2n) is 3.69. The molecule has 0 aromatic carbocycles. The minimum Gasteiger partial charge on any atom is -0.338 e. The minimum atomic E-state index is 0.454. The average molecular weight is 212 g/mol. The number of rotatable bonds is 2. The Kier molecular flexibility index (Phi) is 2.87. The zero-order valence-corrected chi connectivity index (χ0v) is 8.98. The number of halogens is 1. The maximum atomic E-state index is 5.89. The van der Waals surface area contributed by atoms with Gasteiger partial charge in [-0.2, -0.15) is 0 Å². The van der Waals surface area contributed by atoms with Gasteiger partial charge in [-0.3, -0.25) is 0 Å². The number of aromatic nitrogens is 2. The van der Waals surface area contributed by atoms with Crippen molar-refractivity contribution >= 4 is 17.5 Å². The van der Waals surface area contributed by atoms with E-state index in [2.05, 4.69) is 21.8 Å². The normalized spacial score (nSPS) is 26.9. The van der Waals surface area contributed by atoms with Crippen LogP contribution in [0.3, 0.4) is 0 Å². The Morgan fingerprint density at radius 1 is 1.50 bits per heavy atom. The first-order chi connectivity index (χ1) is 6.83. The zero-order chi connectivity index (χ0) is 9.97. The summed E-state index contributed by atoms with van der Waals surface area (Å²) in [4.78, 5) is 10.7. The molecule has 1 aliphatic rings. The molecule has 2 unspecified atom stereocenters. The number of hydrogen-bond acceptors (Lipinski definition) is 3. The molecule has 0 saturated carbocycles. The van der Waals surface area contributed by atoms with E-state index in [1.165, 1.54) is 0 Å². The summed E-state index contributed by atoms with van der Waals surface area (Å²) < 4.78 is 0. The lowest BCUT2D eigenvalue weighted by Crippen LogP contribution is -2.31. The Morgan fingerprint density at radius 3 is 2.79 bits per heavy atom. The van der Waals surface area contributed by atoms with Gasteiger partial charge >= 0.3 is 0 Å². The van der Waals surface area contributed by atoms with Gasteiger partial charge in [-0.1, -0.05) is 0 Å². The summed E-state index contributed by atoms with van der Waals surface area (Å²) in [5.41, 5.74) is 0. The van der Waals surface area contributed by atoms with Crippen LogP contribution < -0.4 is 4.90 Å². The van der Waals surface area contributed by atoms with Crippen molar-refractivity contribution in [1.82, 2.24) is 9.97 Å². The van der Waals surface area contributed by atoms with Crippen LogP contribution in [0.1, 0.15) is 13.3 Å². The van der Waals surface area contributed by atoms with Crippen LogP contribution >= 0.6 is 11.6 Å². The van der Waals surface area contributed by atoms with Crippen LogP contribution in [0.25, 0.3) is 0 Å². The number of anilines is 1. The van der Waals surface area contributed by atoms with Crippen LogP contribution in [0.2, 0.25) is 0 Å². The van der Waals surface area contributed by atoms with Crippen LogP contribution in [0.5, 0.6) is 0 Å². The summed E-state index contributed by atoms with van der Waals surface area (Å²) in [5.74, 6) is 2.12. The number of alkyl halides is 1. The Hall–Kier alpha value is -0.830. The van der Waals surface area contributed by atoms with Crippen molar-refractivity contribution < 1.29 is 0 Å². The molecule has 2 rings (SSSR count). The molecule has 76 valence electrons. The molecule has 14 heavy (non-hydrogen) atoms. The quantitative estimate of drug-likeness (QED) is 0.700. The third kappa shape index (κ3) is 1.69. The monoisotopic (exact) mass is 211 g/mol. The number of nitrogens with zero attached hydrogens (tertiary/aromatic N) is 3. The van der Waals surface area contributed by atoms with Gasteiger partial charge in [0, 0.05) is 30.9 Å². The Bertz CT molecular complexity index is 291. The molecule has 0 N–H and O–H groups in total. The lowest BCUT2D eigenvalue weighted by atomic mass is 10.1. The fourth-order valence-corrected chi connectivity index (χ4v) is 2.34. The van der Waals surface area contributed by atoms with Gasteiger partial charge in [-0.05, 0) is 25.3 Å². The molecular weight excluding hydrogens is 198 g/mol. The maximum absolute atomic E-state index is 5.89. The van der Waals surface area contributed by atoms with Gasteiger partial charge in [0.1, 0.15) is 0 Å². The molecule has 0 spiro atoms. The zero-order valence-electron chi connectivity index (χ0n) is 8.23. The first-order valence-corrected chi connectivity index (χ1v) is 5.46. The minimum absolute atomic E-state index is 0.454. The smallest absolute Gasteiger partial charge is 0.225 e. The second kappa shape index (κ2) is 4.13. The van der Waals surface area contributed by atoms with E-state index in [9.17, 15) is 0 Å². The van der Waals surface area contributed by atoms with Crippen molar-refractivity contribution in [3.63, 3.8) is 0 Å². The van der Waals surface area contributed by atoms with Crippen LogP contribution in [0, 0.1) is 5.92 Å². The summed E-state index contributed by atoms with van der Waals surface area (Å²) in [6, 6.07) is 2.29. The maximum Gasteiger partial charge on any atom is 0.225 e. The molecule has 0 bridgehead atoms. The molecule has 3 nitrogen and oxygen atoms in total. The summed E-state index contributed by atoms with van der Waals surface area (Å²) in [6.45, 7) is 3.21. The Labute approximate surface area is 89.1 Å². The highest BCUT2D eigenvalue weighted by atomic mass is 35.5. The predicted octanol–water partition coefficient (Wildman–Crippen LogP) is 1.93. The molecule has 1 aliphatic heterocycles. The second-order valence-corrected chi connectivity index (χ2v) is 3.99. The standard InChI is InChI=1S/C10H14ClN3/c1-8-9(7-11)3-6-14(8)10-12-4-2-5-13-10/h2,4-5,8-9H,3,6-7H2,1H3. The predicted molar refractivity (Wildman–Crippen MR) is 57.7 cm³/mol. The van der Waals surface area contributed by atoms with Crippen molar-refractivity contribution in [2.75, 3.05) is 17.3 Å². The largest absolute Gasteiger partial charge is 0.338 e. The SMILES string of the molecule is CC1C(CCl)CCN1c1ncccn1. The van der Waals surface area contributed by atoms with Crippen LogP contribution in [0.15, 0.2) is 18.5 Å². The molecule has 1 fully saturated rings. The molecule has 4 heteroatoms. The summed E-state index contributed by atoms with van der Waals surface area (Å²) in [6.07, 6.45) is 4.70. The molecule has 1 saturated heterocycles. The van der Waals surface area contributed by atoms with Gasteiger partial charge in [0.2, 0.25) is 5.95 Å². The third-order valence-electron chi connectivity index (χ3n) is 2.92. The topological polar surface area (TPSA) is 29.0 Å². The van der Waals surface area contributed by atoms with Gasteiger partial charge in [0.15, 0.2) is 0 Å². The van der Waals surface area contributed by atoms with E-state index in [1.54, 1.807) is 12.4 Å². The van der Waals surface area contributed by atoms with Crippen molar-refractivity contribution in [1.29, 1.82) is 0 Å². The lowest BCUT2D eigenvalue weighted by Gasteiger charge is -2.23. The molecule has 1 aromatic rings. The van der Waals surface area contributed by atoms with Crippen molar-refractivity contribution in [3.8, 4) is 0 Å². The highest BCUT2D eigenvalue weighted by Crippen LogP contribution is 2.27. The van der Waals surface area contributed by atoms with Gasteiger partial charge in [-0.15, -0.1) is 11.6 Å². The summed E-state index contributed by atoms with van der Waals surface area (Å²) >= 11 is 5.89. The van der Waals surface area contributed by atoms with Gasteiger partial charge in [0.25, 0.3) is 0 Å². The lowest BCUT2D eigenvalue weighted by molar-refractivity contribution is 0.548. The van der Waals surface area contributed by atoms with Crippen molar-refractivity contribution in [3.05, 3.63) is 18.5 Å². The van der Waals surface area contributed by atoms with E-state index in [4.69, 9.17) is 11.6 Å². The summed E-state index contributed by atoms with van der Waals surface area (Å²) in [5, 5.41) is 0. The molecule has 0 amide bonds. The van der Waals surface area contributed by atoms with Crippen molar-refractivity contribution in [2.24, 2.45) is 5.92 Å². The van der Waals surface area contributed by atoms with E-state index < -0.39 is 0 Å².